The largest absolute Gasteiger partial charge is 0.375 e. The van der Waals surface area contributed by atoms with Crippen molar-refractivity contribution < 1.29 is 23.1 Å². The molecule has 2 fully saturated rings. The molecule has 1 amide bonds. The fraction of sp³-hybridized carbons (Fsp3) is 0.609. The molecule has 2 aliphatic rings. The van der Waals surface area contributed by atoms with Crippen molar-refractivity contribution in [2.75, 3.05) is 19.6 Å². The van der Waals surface area contributed by atoms with Crippen LogP contribution in [0, 0.1) is 5.92 Å². The summed E-state index contributed by atoms with van der Waals surface area (Å²) in [5.41, 5.74) is -1.61. The van der Waals surface area contributed by atoms with E-state index in [2.05, 4.69) is 10.2 Å². The number of aliphatic hydroxyl groups is 1. The molecule has 1 aliphatic carbocycles. The molecule has 1 saturated heterocycles. The maximum atomic E-state index is 13.9. The number of nitrogens with one attached hydrogen (secondary N) is 1. The molecule has 30 heavy (non-hydrogen) atoms. The van der Waals surface area contributed by atoms with Gasteiger partial charge in [0.25, 0.3) is 5.91 Å². The van der Waals surface area contributed by atoms with E-state index in [-0.39, 0.29) is 24.7 Å². The number of nitrogens with zero attached hydrogens (tertiary/aromatic N) is 1. The number of alkyl halides is 2. The lowest BCUT2D eigenvalue weighted by molar-refractivity contribution is -0.149. The number of amides is 1. The fourth-order valence-electron chi connectivity index (χ4n) is 4.59. The summed E-state index contributed by atoms with van der Waals surface area (Å²) in [5.74, 6) is -4.46. The van der Waals surface area contributed by atoms with Crippen LogP contribution in [0.15, 0.2) is 42.2 Å². The lowest BCUT2D eigenvalue weighted by Crippen LogP contribution is -2.54. The molecule has 1 heterocycles. The fourth-order valence-corrected chi connectivity index (χ4v) is 4.59. The lowest BCUT2D eigenvalue weighted by atomic mass is 9.79. The zero-order valence-electron chi connectivity index (χ0n) is 17.4. The Morgan fingerprint density at radius 1 is 1.27 bits per heavy atom. The summed E-state index contributed by atoms with van der Waals surface area (Å²) in [4.78, 5) is 15.4. The molecule has 1 saturated carbocycles. The topological polar surface area (TPSA) is 52.6 Å². The van der Waals surface area contributed by atoms with Crippen molar-refractivity contribution in [1.29, 1.82) is 0 Å². The number of hydrogen-bond donors (Lipinski definition) is 2. The monoisotopic (exact) mass is 424 g/mol. The van der Waals surface area contributed by atoms with Crippen molar-refractivity contribution >= 4 is 5.91 Å². The highest BCUT2D eigenvalue weighted by atomic mass is 19.3. The summed E-state index contributed by atoms with van der Waals surface area (Å²) in [6, 6.07) is 8.29. The Balaban J connectivity index is 1.64. The molecule has 7 heteroatoms. The maximum Gasteiger partial charge on any atom is 0.257 e. The Labute approximate surface area is 176 Å². The van der Waals surface area contributed by atoms with Crippen LogP contribution in [0.1, 0.15) is 51.0 Å². The van der Waals surface area contributed by atoms with Crippen LogP contribution in [0.5, 0.6) is 0 Å². The SMILES string of the molecule is CC(F)=CCCN1CCC(NC(=O)[C@](O)(c2ccccc2)[C@@H]2CCC(F)(F)C2)CC1. The molecular formula is C23H31F3N2O2. The summed E-state index contributed by atoms with van der Waals surface area (Å²) in [5, 5.41) is 14.4. The van der Waals surface area contributed by atoms with Crippen LogP contribution in [0.2, 0.25) is 0 Å². The summed E-state index contributed by atoms with van der Waals surface area (Å²) in [6.07, 6.45) is 2.91. The van der Waals surface area contributed by atoms with Crippen molar-refractivity contribution in [1.82, 2.24) is 10.2 Å². The highest BCUT2D eigenvalue weighted by molar-refractivity contribution is 5.87. The second kappa shape index (κ2) is 9.52. The molecule has 1 aromatic carbocycles. The second-order valence-electron chi connectivity index (χ2n) is 8.60. The van der Waals surface area contributed by atoms with Gasteiger partial charge in [-0.1, -0.05) is 36.4 Å². The van der Waals surface area contributed by atoms with Gasteiger partial charge in [0.2, 0.25) is 5.92 Å². The molecule has 1 aromatic rings. The molecule has 2 N–H and O–H groups in total. The minimum Gasteiger partial charge on any atom is -0.375 e. The van der Waals surface area contributed by atoms with E-state index >= 15 is 0 Å². The van der Waals surface area contributed by atoms with Crippen LogP contribution in [0.3, 0.4) is 0 Å². The Hall–Kier alpha value is -1.86. The van der Waals surface area contributed by atoms with E-state index in [0.29, 0.717) is 24.8 Å². The van der Waals surface area contributed by atoms with Crippen LogP contribution in [-0.2, 0) is 10.4 Å². The van der Waals surface area contributed by atoms with Gasteiger partial charge in [-0.2, -0.15) is 0 Å². The molecule has 2 atom stereocenters. The number of hydrogen-bond acceptors (Lipinski definition) is 3. The van der Waals surface area contributed by atoms with E-state index in [0.717, 1.165) is 19.6 Å². The Kier molecular flexibility index (Phi) is 7.24. The van der Waals surface area contributed by atoms with Gasteiger partial charge in [0.05, 0.1) is 5.83 Å². The van der Waals surface area contributed by atoms with E-state index in [1.54, 1.807) is 36.4 Å². The van der Waals surface area contributed by atoms with Gasteiger partial charge in [-0.05, 0) is 38.2 Å². The maximum absolute atomic E-state index is 13.9. The van der Waals surface area contributed by atoms with Crippen molar-refractivity contribution in [2.45, 2.75) is 63.0 Å². The lowest BCUT2D eigenvalue weighted by Gasteiger charge is -2.37. The predicted octanol–water partition coefficient (Wildman–Crippen LogP) is 4.15. The minimum absolute atomic E-state index is 0.103. The van der Waals surface area contributed by atoms with Gasteiger partial charge in [0.1, 0.15) is 0 Å². The van der Waals surface area contributed by atoms with Gasteiger partial charge < -0.3 is 15.3 Å². The van der Waals surface area contributed by atoms with Crippen molar-refractivity contribution in [3.63, 3.8) is 0 Å². The van der Waals surface area contributed by atoms with Crippen LogP contribution >= 0.6 is 0 Å². The average Bonchev–Trinajstić information content (AvgIpc) is 3.09. The molecule has 3 rings (SSSR count). The number of rotatable bonds is 7. The third-order valence-electron chi connectivity index (χ3n) is 6.35. The van der Waals surface area contributed by atoms with Crippen LogP contribution in [0.25, 0.3) is 0 Å². The van der Waals surface area contributed by atoms with Crippen LogP contribution in [0.4, 0.5) is 13.2 Å². The number of allylic oxidation sites excluding steroid dienone is 1. The molecule has 1 aliphatic heterocycles. The zero-order valence-corrected chi connectivity index (χ0v) is 17.4. The molecule has 0 radical (unpaired) electrons. The predicted molar refractivity (Wildman–Crippen MR) is 110 cm³/mol. The molecule has 0 bridgehead atoms. The number of benzene rings is 1. The molecular weight excluding hydrogens is 393 g/mol. The van der Waals surface area contributed by atoms with Gasteiger partial charge in [-0.15, -0.1) is 0 Å². The second-order valence-corrected chi connectivity index (χ2v) is 8.60. The summed E-state index contributed by atoms with van der Waals surface area (Å²) in [6.45, 7) is 3.70. The number of piperidine rings is 1. The van der Waals surface area contributed by atoms with Gasteiger partial charge in [0.15, 0.2) is 5.60 Å². The summed E-state index contributed by atoms with van der Waals surface area (Å²) in [7, 11) is 0. The van der Waals surface area contributed by atoms with E-state index in [4.69, 9.17) is 0 Å². The number of carbonyl (C=O) groups excluding carboxylic acids is 1. The van der Waals surface area contributed by atoms with E-state index < -0.39 is 29.8 Å². The molecule has 0 spiro atoms. The van der Waals surface area contributed by atoms with Gasteiger partial charge in [0, 0.05) is 44.4 Å². The van der Waals surface area contributed by atoms with Gasteiger partial charge >= 0.3 is 0 Å². The molecule has 0 aromatic heterocycles. The first kappa shape index (κ1) is 22.8. The van der Waals surface area contributed by atoms with Crippen molar-refractivity contribution in [2.24, 2.45) is 5.92 Å². The number of halogens is 3. The zero-order chi connectivity index (χ0) is 21.8. The quantitative estimate of drug-likeness (QED) is 0.691. The Bertz CT molecular complexity index is 744. The number of carbonyl (C=O) groups is 1. The van der Waals surface area contributed by atoms with Gasteiger partial charge in [-0.25, -0.2) is 13.2 Å². The van der Waals surface area contributed by atoms with E-state index in [1.807, 2.05) is 0 Å². The Morgan fingerprint density at radius 3 is 2.50 bits per heavy atom. The highest BCUT2D eigenvalue weighted by Gasteiger charge is 2.53. The third kappa shape index (κ3) is 5.43. The third-order valence-corrected chi connectivity index (χ3v) is 6.35. The van der Waals surface area contributed by atoms with Crippen LogP contribution in [-0.4, -0.2) is 47.5 Å². The molecule has 4 nitrogen and oxygen atoms in total. The highest BCUT2D eigenvalue weighted by Crippen LogP contribution is 2.47. The number of likely N-dealkylation sites (tertiary alicyclic amines) is 1. The smallest absolute Gasteiger partial charge is 0.257 e. The van der Waals surface area contributed by atoms with Crippen molar-refractivity contribution in [3.8, 4) is 0 Å². The first-order valence-corrected chi connectivity index (χ1v) is 10.7. The van der Waals surface area contributed by atoms with E-state index in [1.165, 1.54) is 6.92 Å². The van der Waals surface area contributed by atoms with Crippen LogP contribution < -0.4 is 5.32 Å². The first-order chi connectivity index (χ1) is 14.2. The molecule has 166 valence electrons. The van der Waals surface area contributed by atoms with E-state index in [9.17, 15) is 23.1 Å². The van der Waals surface area contributed by atoms with Crippen molar-refractivity contribution in [3.05, 3.63) is 47.8 Å². The minimum atomic E-state index is -2.86. The summed E-state index contributed by atoms with van der Waals surface area (Å²) >= 11 is 0. The average molecular weight is 425 g/mol. The van der Waals surface area contributed by atoms with Gasteiger partial charge in [-0.3, -0.25) is 4.79 Å². The summed E-state index contributed by atoms with van der Waals surface area (Å²) < 4.78 is 40.6. The normalized spacial score (nSPS) is 25.1. The molecule has 0 unspecified atom stereocenters. The Morgan fingerprint density at radius 2 is 1.93 bits per heavy atom. The first-order valence-electron chi connectivity index (χ1n) is 10.7. The standard InChI is InChI=1S/C23H31F3N2O2/c1-17(24)6-5-13-28-14-10-20(11-15-28)27-21(29)23(30,18-7-3-2-4-8-18)19-9-12-22(25,26)16-19/h2-4,6-8,19-20,30H,5,9-16H2,1H3,(H,27,29)/t19-,23+/m1/s1.